The predicted octanol–water partition coefficient (Wildman–Crippen LogP) is 1.37. The summed E-state index contributed by atoms with van der Waals surface area (Å²) >= 11 is 0. The largest absolute Gasteiger partial charge is 0.426 e. The molecule has 0 aliphatic rings. The zero-order chi connectivity index (χ0) is 11.1. The molecule has 80 valence electrons. The van der Waals surface area contributed by atoms with Gasteiger partial charge < -0.3 is 0 Å². The van der Waals surface area contributed by atoms with Crippen LogP contribution in [0.15, 0.2) is 0 Å². The van der Waals surface area contributed by atoms with Crippen LogP contribution >= 0.6 is 0 Å². The van der Waals surface area contributed by atoms with Crippen LogP contribution in [-0.4, -0.2) is 30.6 Å². The standard InChI is InChI=1S/C3H2F6O3S/c4-1(2(5,6)7)3(8,9)13(10,11)12/h1H,(H,10,11,12)/t1-/m0/s1. The summed E-state index contributed by atoms with van der Waals surface area (Å²) in [6.45, 7) is 0. The average molecular weight is 232 g/mol. The molecule has 0 aliphatic carbocycles. The molecule has 0 unspecified atom stereocenters. The molecule has 0 saturated carbocycles. The molecule has 0 rings (SSSR count). The molecule has 0 fully saturated rings. The first-order chi connectivity index (χ1) is 5.40. The molecular weight excluding hydrogens is 230 g/mol. The van der Waals surface area contributed by atoms with Crippen LogP contribution in [0.25, 0.3) is 0 Å². The molecule has 0 spiro atoms. The summed E-state index contributed by atoms with van der Waals surface area (Å²) in [6.07, 6.45) is -11.0. The summed E-state index contributed by atoms with van der Waals surface area (Å²) in [4.78, 5) is 0. The Morgan fingerprint density at radius 2 is 1.38 bits per heavy atom. The third kappa shape index (κ3) is 2.46. The molecule has 1 N–H and O–H groups in total. The van der Waals surface area contributed by atoms with Gasteiger partial charge in [0.2, 0.25) is 0 Å². The molecule has 0 aromatic rings. The predicted molar refractivity (Wildman–Crippen MR) is 27.4 cm³/mol. The van der Waals surface area contributed by atoms with Gasteiger partial charge in [0.05, 0.1) is 0 Å². The first kappa shape index (κ1) is 12.5. The van der Waals surface area contributed by atoms with Gasteiger partial charge in [-0.2, -0.15) is 30.4 Å². The van der Waals surface area contributed by atoms with Crippen molar-refractivity contribution in [2.75, 3.05) is 0 Å². The van der Waals surface area contributed by atoms with Crippen molar-refractivity contribution in [3.8, 4) is 0 Å². The minimum Gasteiger partial charge on any atom is -0.281 e. The second-order valence-electron chi connectivity index (χ2n) is 1.94. The van der Waals surface area contributed by atoms with E-state index in [1.807, 2.05) is 0 Å². The smallest absolute Gasteiger partial charge is 0.281 e. The molecule has 0 bridgehead atoms. The number of hydrogen-bond acceptors (Lipinski definition) is 2. The van der Waals surface area contributed by atoms with E-state index in [1.165, 1.54) is 0 Å². The van der Waals surface area contributed by atoms with Crippen LogP contribution in [0.2, 0.25) is 0 Å². The first-order valence-electron chi connectivity index (χ1n) is 2.46. The summed E-state index contributed by atoms with van der Waals surface area (Å²) in [7, 11) is -6.41. The van der Waals surface area contributed by atoms with E-state index in [-0.39, 0.29) is 0 Å². The van der Waals surface area contributed by atoms with Crippen molar-refractivity contribution in [1.29, 1.82) is 0 Å². The molecule has 0 saturated heterocycles. The number of alkyl halides is 6. The monoisotopic (exact) mass is 232 g/mol. The second kappa shape index (κ2) is 3.01. The van der Waals surface area contributed by atoms with E-state index in [4.69, 9.17) is 4.55 Å². The third-order valence-electron chi connectivity index (χ3n) is 0.926. The van der Waals surface area contributed by atoms with Crippen molar-refractivity contribution < 1.29 is 39.3 Å². The Morgan fingerprint density at radius 3 is 1.46 bits per heavy atom. The van der Waals surface area contributed by atoms with E-state index in [2.05, 4.69) is 0 Å². The van der Waals surface area contributed by atoms with Gasteiger partial charge in [0.1, 0.15) is 0 Å². The zero-order valence-corrected chi connectivity index (χ0v) is 6.33. The molecule has 0 aromatic heterocycles. The van der Waals surface area contributed by atoms with Crippen molar-refractivity contribution >= 4 is 10.1 Å². The van der Waals surface area contributed by atoms with Gasteiger partial charge in [-0.3, -0.25) is 4.55 Å². The van der Waals surface area contributed by atoms with Crippen molar-refractivity contribution in [2.45, 2.75) is 17.6 Å². The molecule has 1 atom stereocenters. The molecular formula is C3H2F6O3S. The number of hydrogen-bond donors (Lipinski definition) is 1. The highest BCUT2D eigenvalue weighted by Gasteiger charge is 2.64. The molecule has 0 radical (unpaired) electrons. The van der Waals surface area contributed by atoms with Gasteiger partial charge in [-0.1, -0.05) is 0 Å². The lowest BCUT2D eigenvalue weighted by Gasteiger charge is -2.19. The van der Waals surface area contributed by atoms with E-state index in [9.17, 15) is 34.8 Å². The average Bonchev–Trinajstić information content (AvgIpc) is 1.81. The lowest BCUT2D eigenvalue weighted by atomic mass is 10.4. The van der Waals surface area contributed by atoms with E-state index >= 15 is 0 Å². The first-order valence-corrected chi connectivity index (χ1v) is 3.90. The minimum absolute atomic E-state index is 4.95. The molecule has 3 nitrogen and oxygen atoms in total. The lowest BCUT2D eigenvalue weighted by molar-refractivity contribution is -0.223. The fourth-order valence-corrected chi connectivity index (χ4v) is 0.716. The van der Waals surface area contributed by atoms with Gasteiger partial charge in [0, 0.05) is 0 Å². The van der Waals surface area contributed by atoms with Crippen LogP contribution in [0.1, 0.15) is 0 Å². The van der Waals surface area contributed by atoms with Crippen LogP contribution < -0.4 is 0 Å². The molecule has 10 heteroatoms. The highest BCUT2D eigenvalue weighted by Crippen LogP contribution is 2.37. The van der Waals surface area contributed by atoms with Gasteiger partial charge in [0.15, 0.2) is 0 Å². The van der Waals surface area contributed by atoms with E-state index in [1.54, 1.807) is 0 Å². The Labute approximate surface area is 68.1 Å². The lowest BCUT2D eigenvalue weighted by Crippen LogP contribution is -2.46. The Bertz CT molecular complexity index is 278. The molecule has 0 heterocycles. The third-order valence-corrected chi connectivity index (χ3v) is 1.82. The van der Waals surface area contributed by atoms with Gasteiger partial charge in [0.25, 0.3) is 6.17 Å². The van der Waals surface area contributed by atoms with Crippen molar-refractivity contribution in [2.24, 2.45) is 0 Å². The Kier molecular flexibility index (Phi) is 2.89. The summed E-state index contributed by atoms with van der Waals surface area (Å²) in [5, 5.41) is -5.88. The van der Waals surface area contributed by atoms with Crippen LogP contribution in [0.4, 0.5) is 26.3 Å². The minimum atomic E-state index is -6.41. The normalized spacial score (nSPS) is 17.2. The van der Waals surface area contributed by atoms with Crippen LogP contribution in [-0.2, 0) is 10.1 Å². The van der Waals surface area contributed by atoms with E-state index in [0.717, 1.165) is 0 Å². The summed E-state index contributed by atoms with van der Waals surface area (Å²) < 4.78 is 96.1. The Hall–Kier alpha value is -0.510. The summed E-state index contributed by atoms with van der Waals surface area (Å²) in [5.74, 6) is 0. The van der Waals surface area contributed by atoms with Gasteiger partial charge in [-0.15, -0.1) is 0 Å². The summed E-state index contributed by atoms with van der Waals surface area (Å²) in [6, 6.07) is 0. The topological polar surface area (TPSA) is 54.4 Å². The van der Waals surface area contributed by atoms with Gasteiger partial charge in [-0.05, 0) is 0 Å². The van der Waals surface area contributed by atoms with Crippen LogP contribution in [0, 0.1) is 0 Å². The van der Waals surface area contributed by atoms with Crippen molar-refractivity contribution in [3.63, 3.8) is 0 Å². The second-order valence-corrected chi connectivity index (χ2v) is 3.44. The fourth-order valence-electron chi connectivity index (χ4n) is 0.321. The molecule has 0 aromatic carbocycles. The number of rotatable bonds is 2. The maximum atomic E-state index is 11.9. The van der Waals surface area contributed by atoms with Gasteiger partial charge >= 0.3 is 21.5 Å². The maximum Gasteiger partial charge on any atom is 0.426 e. The highest BCUT2D eigenvalue weighted by molar-refractivity contribution is 7.86. The highest BCUT2D eigenvalue weighted by atomic mass is 32.2. The Balaban J connectivity index is 5.09. The van der Waals surface area contributed by atoms with Crippen LogP contribution in [0.5, 0.6) is 0 Å². The molecule has 0 aliphatic heterocycles. The quantitative estimate of drug-likeness (QED) is 0.577. The van der Waals surface area contributed by atoms with Crippen LogP contribution in [0.3, 0.4) is 0 Å². The maximum absolute atomic E-state index is 11.9. The van der Waals surface area contributed by atoms with Gasteiger partial charge in [-0.25, -0.2) is 4.39 Å². The fraction of sp³-hybridized carbons (Fsp3) is 1.00. The Morgan fingerprint density at radius 1 is 1.08 bits per heavy atom. The van der Waals surface area contributed by atoms with Crippen molar-refractivity contribution in [1.82, 2.24) is 0 Å². The van der Waals surface area contributed by atoms with E-state index < -0.39 is 27.7 Å². The SMILES string of the molecule is O=S(=O)(O)C(F)(F)[C@@H](F)C(F)(F)F. The molecule has 0 amide bonds. The number of halogens is 6. The summed E-state index contributed by atoms with van der Waals surface area (Å²) in [5.41, 5.74) is 0. The zero-order valence-electron chi connectivity index (χ0n) is 5.52. The van der Waals surface area contributed by atoms with E-state index in [0.29, 0.717) is 0 Å². The van der Waals surface area contributed by atoms with Crippen molar-refractivity contribution in [3.05, 3.63) is 0 Å². The molecule has 13 heavy (non-hydrogen) atoms.